The van der Waals surface area contributed by atoms with Gasteiger partial charge in [-0.1, -0.05) is 30.3 Å². The van der Waals surface area contributed by atoms with Crippen molar-refractivity contribution in [1.82, 2.24) is 9.80 Å². The number of esters is 1. The van der Waals surface area contributed by atoms with Gasteiger partial charge in [-0.15, -0.1) is 0 Å². The second kappa shape index (κ2) is 8.34. The minimum Gasteiger partial charge on any atom is -0.466 e. The number of amides is 1. The highest BCUT2D eigenvalue weighted by Crippen LogP contribution is 2.22. The highest BCUT2D eigenvalue weighted by molar-refractivity contribution is 5.72. The quantitative estimate of drug-likeness (QED) is 0.740. The predicted molar refractivity (Wildman–Crippen MR) is 92.9 cm³/mol. The first-order valence-electron chi connectivity index (χ1n) is 9.03. The van der Waals surface area contributed by atoms with Crippen LogP contribution in [0.2, 0.25) is 0 Å². The Labute approximate surface area is 148 Å². The molecule has 0 aliphatic carbocycles. The molecule has 25 heavy (non-hydrogen) atoms. The first-order valence-corrected chi connectivity index (χ1v) is 9.03. The maximum Gasteiger partial charge on any atom is 0.411 e. The largest absolute Gasteiger partial charge is 0.466 e. The van der Waals surface area contributed by atoms with E-state index in [-0.39, 0.29) is 24.0 Å². The predicted octanol–water partition coefficient (Wildman–Crippen LogP) is 2.28. The van der Waals surface area contributed by atoms with Gasteiger partial charge in [-0.2, -0.15) is 0 Å². The molecule has 1 atom stereocenters. The number of carbonyl (C=O) groups excluding carboxylic acids is 2. The summed E-state index contributed by atoms with van der Waals surface area (Å²) in [5, 5.41) is 0. The molecule has 6 nitrogen and oxygen atoms in total. The van der Waals surface area contributed by atoms with E-state index in [9.17, 15) is 9.59 Å². The first-order chi connectivity index (χ1) is 12.2. The lowest BCUT2D eigenvalue weighted by molar-refractivity contribution is -0.149. The van der Waals surface area contributed by atoms with E-state index >= 15 is 0 Å². The van der Waals surface area contributed by atoms with Crippen molar-refractivity contribution in [3.63, 3.8) is 0 Å². The minimum absolute atomic E-state index is 0.0122. The summed E-state index contributed by atoms with van der Waals surface area (Å²) in [6.07, 6.45) is 2.12. The molecule has 1 amide bonds. The number of carbonyl (C=O) groups is 2. The van der Waals surface area contributed by atoms with Crippen LogP contribution in [0.25, 0.3) is 0 Å². The third-order valence-corrected chi connectivity index (χ3v) is 4.95. The second-order valence-corrected chi connectivity index (χ2v) is 6.68. The number of benzene rings is 1. The number of ether oxygens (including phenoxy) is 2. The molecule has 0 spiro atoms. The Bertz CT molecular complexity index is 584. The van der Waals surface area contributed by atoms with Crippen LogP contribution in [0.3, 0.4) is 0 Å². The van der Waals surface area contributed by atoms with Crippen LogP contribution in [0.1, 0.15) is 25.3 Å². The number of likely N-dealkylation sites (tertiary alicyclic amines) is 1. The number of rotatable bonds is 6. The van der Waals surface area contributed by atoms with E-state index in [4.69, 9.17) is 9.47 Å². The maximum absolute atomic E-state index is 12.1. The van der Waals surface area contributed by atoms with Crippen LogP contribution >= 0.6 is 0 Å². The number of hydrogen-bond acceptors (Lipinski definition) is 5. The van der Waals surface area contributed by atoms with Crippen LogP contribution in [0, 0.1) is 5.92 Å². The van der Waals surface area contributed by atoms with Crippen LogP contribution in [-0.4, -0.2) is 60.9 Å². The molecular formula is C19H26N2O4. The lowest BCUT2D eigenvalue weighted by atomic mass is 9.97. The van der Waals surface area contributed by atoms with E-state index in [1.807, 2.05) is 30.0 Å². The van der Waals surface area contributed by atoms with Crippen molar-refractivity contribution in [2.75, 3.05) is 33.0 Å². The van der Waals surface area contributed by atoms with Gasteiger partial charge in [-0.25, -0.2) is 4.79 Å². The zero-order chi connectivity index (χ0) is 17.6. The van der Waals surface area contributed by atoms with Crippen molar-refractivity contribution in [2.45, 2.75) is 32.2 Å². The summed E-state index contributed by atoms with van der Waals surface area (Å²) >= 11 is 0. The Morgan fingerprint density at radius 2 is 1.96 bits per heavy atom. The van der Waals surface area contributed by atoms with Gasteiger partial charge in [-0.3, -0.25) is 14.6 Å². The van der Waals surface area contributed by atoms with Gasteiger partial charge in [0.05, 0.1) is 25.2 Å². The van der Waals surface area contributed by atoms with E-state index in [0.717, 1.165) is 32.4 Å². The SMILES string of the molecule is CCOC(=O)C1CCN(CN2C(=O)OC[C@H]2Cc2ccccc2)CC1. The van der Waals surface area contributed by atoms with E-state index in [1.54, 1.807) is 0 Å². The zero-order valence-electron chi connectivity index (χ0n) is 14.7. The molecular weight excluding hydrogens is 320 g/mol. The summed E-state index contributed by atoms with van der Waals surface area (Å²) in [5.74, 6) is -0.105. The number of piperidine rings is 1. The number of nitrogens with zero attached hydrogens (tertiary/aromatic N) is 2. The molecule has 0 N–H and O–H groups in total. The molecule has 3 rings (SSSR count). The monoisotopic (exact) mass is 346 g/mol. The molecule has 0 aromatic heterocycles. The molecule has 0 saturated carbocycles. The molecule has 2 fully saturated rings. The summed E-state index contributed by atoms with van der Waals surface area (Å²) in [7, 11) is 0. The normalized spacial score (nSPS) is 22.0. The van der Waals surface area contributed by atoms with Gasteiger partial charge in [0.1, 0.15) is 6.61 Å². The average molecular weight is 346 g/mol. The maximum atomic E-state index is 12.1. The molecule has 2 aliphatic heterocycles. The van der Waals surface area contributed by atoms with Gasteiger partial charge in [0.25, 0.3) is 0 Å². The minimum atomic E-state index is -0.242. The van der Waals surface area contributed by atoms with Crippen molar-refractivity contribution in [3.05, 3.63) is 35.9 Å². The fourth-order valence-corrected chi connectivity index (χ4v) is 3.50. The molecule has 6 heteroatoms. The molecule has 2 saturated heterocycles. The van der Waals surface area contributed by atoms with Gasteiger partial charge >= 0.3 is 12.1 Å². The van der Waals surface area contributed by atoms with Crippen molar-refractivity contribution in [3.8, 4) is 0 Å². The van der Waals surface area contributed by atoms with Crippen LogP contribution in [0.4, 0.5) is 4.79 Å². The molecule has 2 heterocycles. The molecule has 0 bridgehead atoms. The highest BCUT2D eigenvalue weighted by atomic mass is 16.6. The molecule has 1 aromatic carbocycles. The fraction of sp³-hybridized carbons (Fsp3) is 0.579. The van der Waals surface area contributed by atoms with Gasteiger partial charge in [0, 0.05) is 13.1 Å². The number of hydrogen-bond donors (Lipinski definition) is 0. The van der Waals surface area contributed by atoms with Crippen LogP contribution in [0.15, 0.2) is 30.3 Å². The standard InChI is InChI=1S/C19H26N2O4/c1-2-24-18(22)16-8-10-20(11-9-16)14-21-17(13-25-19(21)23)12-15-6-4-3-5-7-15/h3-7,16-17H,2,8-14H2,1H3/t17-/m1/s1. The lowest BCUT2D eigenvalue weighted by Crippen LogP contribution is -2.47. The summed E-state index contributed by atoms with van der Waals surface area (Å²) < 4.78 is 10.4. The lowest BCUT2D eigenvalue weighted by Gasteiger charge is -2.34. The Morgan fingerprint density at radius 3 is 2.64 bits per heavy atom. The summed E-state index contributed by atoms with van der Waals surface area (Å²) in [6, 6.07) is 10.2. The van der Waals surface area contributed by atoms with Gasteiger partial charge in [-0.05, 0) is 31.7 Å². The van der Waals surface area contributed by atoms with Crippen molar-refractivity contribution >= 4 is 12.1 Å². The fourth-order valence-electron chi connectivity index (χ4n) is 3.50. The van der Waals surface area contributed by atoms with Crippen LogP contribution in [0.5, 0.6) is 0 Å². The Morgan fingerprint density at radius 1 is 1.24 bits per heavy atom. The number of cyclic esters (lactones) is 1. The van der Waals surface area contributed by atoms with E-state index in [0.29, 0.717) is 19.9 Å². The third kappa shape index (κ3) is 4.51. The second-order valence-electron chi connectivity index (χ2n) is 6.68. The van der Waals surface area contributed by atoms with E-state index in [1.165, 1.54) is 5.56 Å². The van der Waals surface area contributed by atoms with Crippen LogP contribution < -0.4 is 0 Å². The van der Waals surface area contributed by atoms with Crippen molar-refractivity contribution in [1.29, 1.82) is 0 Å². The molecule has 2 aliphatic rings. The molecule has 0 unspecified atom stereocenters. The highest BCUT2D eigenvalue weighted by Gasteiger charge is 2.35. The first kappa shape index (κ1) is 17.7. The third-order valence-electron chi connectivity index (χ3n) is 4.95. The van der Waals surface area contributed by atoms with E-state index < -0.39 is 0 Å². The van der Waals surface area contributed by atoms with Gasteiger partial charge in [0.2, 0.25) is 0 Å². The van der Waals surface area contributed by atoms with Crippen LogP contribution in [-0.2, 0) is 20.7 Å². The Hall–Kier alpha value is -2.08. The summed E-state index contributed by atoms with van der Waals surface area (Å²) in [5.41, 5.74) is 1.21. The molecule has 1 aromatic rings. The summed E-state index contributed by atoms with van der Waals surface area (Å²) in [6.45, 7) is 4.86. The van der Waals surface area contributed by atoms with Crippen molar-refractivity contribution in [2.24, 2.45) is 5.92 Å². The topological polar surface area (TPSA) is 59.1 Å². The van der Waals surface area contributed by atoms with Gasteiger partial charge in [0.15, 0.2) is 0 Å². The Balaban J connectivity index is 1.52. The smallest absolute Gasteiger partial charge is 0.411 e. The Kier molecular flexibility index (Phi) is 5.91. The average Bonchev–Trinajstić information content (AvgIpc) is 2.97. The zero-order valence-corrected chi connectivity index (χ0v) is 14.7. The van der Waals surface area contributed by atoms with Crippen molar-refractivity contribution < 1.29 is 19.1 Å². The van der Waals surface area contributed by atoms with E-state index in [2.05, 4.69) is 17.0 Å². The molecule has 0 radical (unpaired) electrons. The molecule has 136 valence electrons. The van der Waals surface area contributed by atoms with Gasteiger partial charge < -0.3 is 9.47 Å². The summed E-state index contributed by atoms with van der Waals surface area (Å²) in [4.78, 5) is 28.0.